The van der Waals surface area contributed by atoms with Gasteiger partial charge in [0, 0.05) is 6.42 Å². The molecule has 2 heteroatoms. The van der Waals surface area contributed by atoms with Crippen LogP contribution in [0.5, 0.6) is 0 Å². The molecule has 0 heterocycles. The lowest BCUT2D eigenvalue weighted by molar-refractivity contribution is -0.138. The molecule has 98 valence electrons. The summed E-state index contributed by atoms with van der Waals surface area (Å²) in [6, 6.07) is 0. The van der Waals surface area contributed by atoms with Crippen LogP contribution >= 0.6 is 0 Å². The molecule has 0 fully saturated rings. The Morgan fingerprint density at radius 2 is 1.88 bits per heavy atom. The monoisotopic (exact) mass is 238 g/mol. The van der Waals surface area contributed by atoms with Gasteiger partial charge in [0.15, 0.2) is 0 Å². The highest BCUT2D eigenvalue weighted by molar-refractivity contribution is 5.66. The third-order valence-corrected chi connectivity index (χ3v) is 2.75. The van der Waals surface area contributed by atoms with Crippen LogP contribution in [0.15, 0.2) is 23.8 Å². The van der Waals surface area contributed by atoms with E-state index in [1.165, 1.54) is 5.57 Å². The molecule has 0 aromatic carbocycles. The summed E-state index contributed by atoms with van der Waals surface area (Å²) >= 11 is 0. The summed E-state index contributed by atoms with van der Waals surface area (Å²) in [6.07, 6.45) is 9.99. The lowest BCUT2D eigenvalue weighted by Gasteiger charge is -2.10. The molecule has 0 amide bonds. The van der Waals surface area contributed by atoms with Crippen LogP contribution in [-0.4, -0.2) is 11.1 Å². The Bertz CT molecular complexity index is 273. The minimum Gasteiger partial charge on any atom is -0.481 e. The van der Waals surface area contributed by atoms with Gasteiger partial charge in [-0.05, 0) is 32.1 Å². The van der Waals surface area contributed by atoms with Crippen molar-refractivity contribution >= 4 is 5.97 Å². The number of carboxylic acid groups (broad SMARTS) is 1. The van der Waals surface area contributed by atoms with Gasteiger partial charge in [0.1, 0.15) is 0 Å². The van der Waals surface area contributed by atoms with E-state index in [1.54, 1.807) is 0 Å². The van der Waals surface area contributed by atoms with Gasteiger partial charge in [-0.15, -0.1) is 0 Å². The van der Waals surface area contributed by atoms with Crippen molar-refractivity contribution in [2.45, 2.75) is 53.4 Å². The Balaban J connectivity index is 3.71. The number of hydrogen-bond donors (Lipinski definition) is 1. The molecule has 0 aromatic heterocycles. The zero-order valence-corrected chi connectivity index (χ0v) is 11.6. The van der Waals surface area contributed by atoms with E-state index >= 15 is 0 Å². The lowest BCUT2D eigenvalue weighted by Crippen LogP contribution is -2.04. The van der Waals surface area contributed by atoms with E-state index in [0.717, 1.165) is 19.3 Å². The van der Waals surface area contributed by atoms with Crippen LogP contribution in [0.2, 0.25) is 0 Å². The average Bonchev–Trinajstić information content (AvgIpc) is 2.15. The van der Waals surface area contributed by atoms with Crippen molar-refractivity contribution in [3.63, 3.8) is 0 Å². The molecule has 0 spiro atoms. The fourth-order valence-corrected chi connectivity index (χ4v) is 1.72. The molecule has 0 aliphatic rings. The lowest BCUT2D eigenvalue weighted by atomic mass is 9.96. The Morgan fingerprint density at radius 1 is 1.24 bits per heavy atom. The largest absolute Gasteiger partial charge is 0.481 e. The van der Waals surface area contributed by atoms with E-state index in [0.29, 0.717) is 18.3 Å². The maximum atomic E-state index is 10.5. The summed E-state index contributed by atoms with van der Waals surface area (Å²) < 4.78 is 0. The number of aliphatic carboxylic acids is 1. The van der Waals surface area contributed by atoms with Gasteiger partial charge >= 0.3 is 5.97 Å². The van der Waals surface area contributed by atoms with Crippen molar-refractivity contribution in [3.05, 3.63) is 23.8 Å². The second-order valence-corrected chi connectivity index (χ2v) is 5.24. The molecule has 0 aliphatic heterocycles. The highest BCUT2D eigenvalue weighted by Crippen LogP contribution is 2.16. The topological polar surface area (TPSA) is 37.3 Å². The molecule has 2 unspecified atom stereocenters. The van der Waals surface area contributed by atoms with Crippen molar-refractivity contribution in [2.75, 3.05) is 0 Å². The quantitative estimate of drug-likeness (QED) is 0.635. The minimum absolute atomic E-state index is 0.293. The Morgan fingerprint density at radius 3 is 2.41 bits per heavy atom. The van der Waals surface area contributed by atoms with Gasteiger partial charge in [0.2, 0.25) is 0 Å². The van der Waals surface area contributed by atoms with E-state index in [2.05, 4.69) is 39.0 Å². The number of rotatable bonds is 8. The predicted molar refractivity (Wildman–Crippen MR) is 73.0 cm³/mol. The summed E-state index contributed by atoms with van der Waals surface area (Å²) in [6.45, 7) is 8.39. The van der Waals surface area contributed by atoms with Crippen molar-refractivity contribution in [1.82, 2.24) is 0 Å². The first-order valence-electron chi connectivity index (χ1n) is 6.45. The van der Waals surface area contributed by atoms with Crippen LogP contribution in [-0.2, 0) is 4.79 Å². The zero-order valence-electron chi connectivity index (χ0n) is 11.6. The van der Waals surface area contributed by atoms with Crippen LogP contribution in [0, 0.1) is 11.8 Å². The van der Waals surface area contributed by atoms with Gasteiger partial charge in [-0.1, -0.05) is 50.5 Å². The number of carboxylic acids is 1. The molecule has 0 rings (SSSR count). The first kappa shape index (κ1) is 16.0. The molecule has 0 bridgehead atoms. The zero-order chi connectivity index (χ0) is 13.3. The fourth-order valence-electron chi connectivity index (χ4n) is 1.72. The van der Waals surface area contributed by atoms with Gasteiger partial charge in [-0.25, -0.2) is 0 Å². The van der Waals surface area contributed by atoms with Crippen LogP contribution in [0.3, 0.4) is 0 Å². The third-order valence-electron chi connectivity index (χ3n) is 2.75. The summed E-state index contributed by atoms with van der Waals surface area (Å²) in [7, 11) is 0. The second-order valence-electron chi connectivity index (χ2n) is 5.24. The second kappa shape index (κ2) is 9.03. The van der Waals surface area contributed by atoms with Crippen LogP contribution in [0.4, 0.5) is 0 Å². The molecule has 2 nitrogen and oxygen atoms in total. The highest BCUT2D eigenvalue weighted by atomic mass is 16.4. The predicted octanol–water partition coefficient (Wildman–Crippen LogP) is 4.43. The molecular weight excluding hydrogens is 212 g/mol. The van der Waals surface area contributed by atoms with Crippen molar-refractivity contribution in [1.29, 1.82) is 0 Å². The smallest absolute Gasteiger partial charge is 0.303 e. The maximum absolute atomic E-state index is 10.5. The van der Waals surface area contributed by atoms with E-state index in [1.807, 2.05) is 6.92 Å². The molecule has 0 saturated carbocycles. The molecular formula is C15H26O2. The SMILES string of the molecule is CC(C)=CC=CC(C)CCCC(C)CC(=O)O. The first-order valence-corrected chi connectivity index (χ1v) is 6.45. The summed E-state index contributed by atoms with van der Waals surface area (Å²) in [5.41, 5.74) is 1.31. The van der Waals surface area contributed by atoms with E-state index in [-0.39, 0.29) is 0 Å². The van der Waals surface area contributed by atoms with Crippen LogP contribution in [0.25, 0.3) is 0 Å². The van der Waals surface area contributed by atoms with Crippen molar-refractivity contribution in [3.8, 4) is 0 Å². The Hall–Kier alpha value is -1.05. The van der Waals surface area contributed by atoms with E-state index in [4.69, 9.17) is 5.11 Å². The van der Waals surface area contributed by atoms with Gasteiger partial charge in [-0.3, -0.25) is 4.79 Å². The standard InChI is InChI=1S/C15H26O2/c1-12(2)7-5-8-13(3)9-6-10-14(4)11-15(16)17/h5,7-8,13-14H,6,9-11H2,1-4H3,(H,16,17). The average molecular weight is 238 g/mol. The van der Waals surface area contributed by atoms with Crippen LogP contribution < -0.4 is 0 Å². The van der Waals surface area contributed by atoms with Gasteiger partial charge in [-0.2, -0.15) is 0 Å². The number of hydrogen-bond acceptors (Lipinski definition) is 1. The summed E-state index contributed by atoms with van der Waals surface area (Å²) in [4.78, 5) is 10.5. The van der Waals surface area contributed by atoms with Gasteiger partial charge < -0.3 is 5.11 Å². The van der Waals surface area contributed by atoms with Crippen molar-refractivity contribution < 1.29 is 9.90 Å². The molecule has 17 heavy (non-hydrogen) atoms. The van der Waals surface area contributed by atoms with E-state index in [9.17, 15) is 4.79 Å². The third kappa shape index (κ3) is 11.2. The van der Waals surface area contributed by atoms with E-state index < -0.39 is 5.97 Å². The van der Waals surface area contributed by atoms with Crippen molar-refractivity contribution in [2.24, 2.45) is 11.8 Å². The molecule has 2 atom stereocenters. The normalized spacial score (nSPS) is 14.6. The fraction of sp³-hybridized carbons (Fsp3) is 0.667. The molecule has 0 radical (unpaired) electrons. The number of allylic oxidation sites excluding steroid dienone is 4. The summed E-state index contributed by atoms with van der Waals surface area (Å²) in [5, 5.41) is 8.64. The van der Waals surface area contributed by atoms with Gasteiger partial charge in [0.25, 0.3) is 0 Å². The first-order chi connectivity index (χ1) is 7.91. The van der Waals surface area contributed by atoms with Gasteiger partial charge in [0.05, 0.1) is 0 Å². The Labute approximate surface area is 105 Å². The summed E-state index contributed by atoms with van der Waals surface area (Å²) in [5.74, 6) is 0.179. The Kier molecular flexibility index (Phi) is 8.47. The minimum atomic E-state index is -0.686. The molecule has 0 saturated heterocycles. The maximum Gasteiger partial charge on any atom is 0.303 e. The highest BCUT2D eigenvalue weighted by Gasteiger charge is 2.07. The molecule has 1 N–H and O–H groups in total. The molecule has 0 aliphatic carbocycles. The number of carbonyl (C=O) groups is 1. The van der Waals surface area contributed by atoms with Crippen LogP contribution in [0.1, 0.15) is 53.4 Å². The molecule has 0 aromatic rings.